The van der Waals surface area contributed by atoms with Crippen LogP contribution in [0.3, 0.4) is 0 Å². The van der Waals surface area contributed by atoms with Crippen molar-refractivity contribution in [3.8, 4) is 5.75 Å². The minimum atomic E-state index is -0.956. The van der Waals surface area contributed by atoms with E-state index in [9.17, 15) is 4.79 Å². The number of ether oxygens (including phenoxy) is 2. The van der Waals surface area contributed by atoms with Crippen molar-refractivity contribution in [2.45, 2.75) is 62.5 Å². The second kappa shape index (κ2) is 8.15. The van der Waals surface area contributed by atoms with E-state index >= 15 is 0 Å². The molecule has 0 spiro atoms. The lowest BCUT2D eigenvalue weighted by atomic mass is 10.1. The molecule has 1 atom stereocenters. The van der Waals surface area contributed by atoms with Gasteiger partial charge in [0.25, 0.3) is 5.91 Å². The van der Waals surface area contributed by atoms with Gasteiger partial charge in [-0.05, 0) is 58.2 Å². The van der Waals surface area contributed by atoms with Gasteiger partial charge in [-0.1, -0.05) is 12.1 Å². The Morgan fingerprint density at radius 3 is 2.44 bits per heavy atom. The molecule has 6 heteroatoms. The zero-order valence-electron chi connectivity index (χ0n) is 15.3. The highest BCUT2D eigenvalue weighted by Gasteiger charge is 2.52. The molecule has 1 aliphatic carbocycles. The maximum Gasteiger partial charge on any atom is 0.263 e. The van der Waals surface area contributed by atoms with Crippen molar-refractivity contribution in [2.24, 2.45) is 0 Å². The smallest absolute Gasteiger partial charge is 0.263 e. The summed E-state index contributed by atoms with van der Waals surface area (Å²) in [5.41, 5.74) is 0.132. The number of rotatable bonds is 9. The number of nitrogens with one attached hydrogen (secondary N) is 1. The number of benzene rings is 1. The van der Waals surface area contributed by atoms with Crippen LogP contribution < -0.4 is 10.1 Å². The lowest BCUT2D eigenvalue weighted by Crippen LogP contribution is -2.47. The van der Waals surface area contributed by atoms with E-state index in [0.717, 1.165) is 18.4 Å². The Morgan fingerprint density at radius 2 is 1.92 bits per heavy atom. The van der Waals surface area contributed by atoms with Crippen molar-refractivity contribution in [1.82, 2.24) is 5.32 Å². The Hall–Kier alpha value is -0.970. The van der Waals surface area contributed by atoms with Gasteiger partial charge in [0.05, 0.1) is 6.10 Å². The summed E-state index contributed by atoms with van der Waals surface area (Å²) >= 11 is 12.2. The molecule has 1 aromatic carbocycles. The summed E-state index contributed by atoms with van der Waals surface area (Å²) < 4.78 is 10.7. The highest BCUT2D eigenvalue weighted by Crippen LogP contribution is 2.59. The van der Waals surface area contributed by atoms with Crippen LogP contribution in [0.2, 0.25) is 0 Å². The fraction of sp³-hybridized carbons (Fsp3) is 0.632. The first-order valence-corrected chi connectivity index (χ1v) is 9.44. The molecule has 2 rings (SSSR count). The molecule has 1 fully saturated rings. The molecular weight excluding hydrogens is 361 g/mol. The molecule has 1 aliphatic rings. The topological polar surface area (TPSA) is 47.6 Å². The minimum absolute atomic E-state index is 0.149. The quantitative estimate of drug-likeness (QED) is 0.503. The van der Waals surface area contributed by atoms with Gasteiger partial charge >= 0.3 is 0 Å². The van der Waals surface area contributed by atoms with Crippen LogP contribution in [0.5, 0.6) is 5.75 Å². The summed E-state index contributed by atoms with van der Waals surface area (Å²) in [6, 6.07) is 7.60. The van der Waals surface area contributed by atoms with Crippen LogP contribution in [0.15, 0.2) is 24.3 Å². The zero-order chi connectivity index (χ0) is 18.7. The molecule has 0 aliphatic heterocycles. The van der Waals surface area contributed by atoms with Crippen molar-refractivity contribution in [3.05, 3.63) is 29.8 Å². The summed E-state index contributed by atoms with van der Waals surface area (Å²) in [4.78, 5) is 12.3. The summed E-state index contributed by atoms with van der Waals surface area (Å²) in [6.07, 6.45) is 1.75. The van der Waals surface area contributed by atoms with Gasteiger partial charge in [0.1, 0.15) is 10.1 Å². The number of hydrogen-bond donors (Lipinski definition) is 1. The Balaban J connectivity index is 1.80. The molecule has 0 heterocycles. The van der Waals surface area contributed by atoms with Gasteiger partial charge in [-0.2, -0.15) is 0 Å². The number of alkyl halides is 2. The standard InChI is InChI=1S/C19H27Cl2NO3/c1-13(2)24-11-5-10-22-17(23)18(3,4)25-15-8-6-14(7-9-15)16-12-19(16,20)21/h6-9,13,16H,5,10-12H2,1-4H3,(H,22,23). The fourth-order valence-corrected chi connectivity index (χ4v) is 3.05. The van der Waals surface area contributed by atoms with Crippen molar-refractivity contribution in [1.29, 1.82) is 0 Å². The van der Waals surface area contributed by atoms with Gasteiger partial charge in [0.15, 0.2) is 5.60 Å². The first-order valence-electron chi connectivity index (χ1n) is 8.68. The van der Waals surface area contributed by atoms with E-state index in [1.807, 2.05) is 38.1 Å². The fourth-order valence-electron chi connectivity index (χ4n) is 2.49. The molecule has 0 aromatic heterocycles. The predicted octanol–water partition coefficient (Wildman–Crippen LogP) is 4.44. The number of carbonyl (C=O) groups excluding carboxylic acids is 1. The molecule has 1 aromatic rings. The molecule has 0 bridgehead atoms. The van der Waals surface area contributed by atoms with E-state index in [4.69, 9.17) is 32.7 Å². The monoisotopic (exact) mass is 387 g/mol. The predicted molar refractivity (Wildman–Crippen MR) is 102 cm³/mol. The van der Waals surface area contributed by atoms with Crippen LogP contribution in [0, 0.1) is 0 Å². The lowest BCUT2D eigenvalue weighted by molar-refractivity contribution is -0.134. The third kappa shape index (κ3) is 6.05. The number of carbonyl (C=O) groups is 1. The second-order valence-electron chi connectivity index (χ2n) is 7.23. The molecule has 1 N–H and O–H groups in total. The van der Waals surface area contributed by atoms with Crippen LogP contribution >= 0.6 is 23.2 Å². The SMILES string of the molecule is CC(C)OCCCNC(=O)C(C)(C)Oc1ccc(C2CC2(Cl)Cl)cc1. The highest BCUT2D eigenvalue weighted by atomic mass is 35.5. The number of hydrogen-bond acceptors (Lipinski definition) is 3. The van der Waals surface area contributed by atoms with E-state index in [2.05, 4.69) is 5.32 Å². The highest BCUT2D eigenvalue weighted by molar-refractivity contribution is 6.51. The Kier molecular flexibility index (Phi) is 6.63. The maximum absolute atomic E-state index is 12.3. The van der Waals surface area contributed by atoms with Crippen LogP contribution in [0.1, 0.15) is 52.0 Å². The second-order valence-corrected chi connectivity index (χ2v) is 8.77. The Morgan fingerprint density at radius 1 is 1.32 bits per heavy atom. The molecule has 1 unspecified atom stereocenters. The average Bonchev–Trinajstić information content (AvgIpc) is 3.15. The normalized spacial score (nSPS) is 18.9. The van der Waals surface area contributed by atoms with Gasteiger partial charge in [-0.15, -0.1) is 23.2 Å². The minimum Gasteiger partial charge on any atom is -0.478 e. The summed E-state index contributed by atoms with van der Waals surface area (Å²) in [5.74, 6) is 0.667. The van der Waals surface area contributed by atoms with Crippen molar-refractivity contribution in [2.75, 3.05) is 13.2 Å². The molecular formula is C19H27Cl2NO3. The van der Waals surface area contributed by atoms with Crippen molar-refractivity contribution in [3.63, 3.8) is 0 Å². The van der Waals surface area contributed by atoms with Gasteiger partial charge in [-0.3, -0.25) is 4.79 Å². The molecule has 1 saturated carbocycles. The third-order valence-electron chi connectivity index (χ3n) is 4.09. The van der Waals surface area contributed by atoms with Crippen LogP contribution in [-0.2, 0) is 9.53 Å². The van der Waals surface area contributed by atoms with Crippen molar-refractivity contribution >= 4 is 29.1 Å². The van der Waals surface area contributed by atoms with E-state index in [-0.39, 0.29) is 17.9 Å². The molecule has 4 nitrogen and oxygen atoms in total. The van der Waals surface area contributed by atoms with Gasteiger partial charge in [0, 0.05) is 19.1 Å². The largest absolute Gasteiger partial charge is 0.478 e. The number of halogens is 2. The third-order valence-corrected chi connectivity index (χ3v) is 4.92. The first kappa shape index (κ1) is 20.3. The summed E-state index contributed by atoms with van der Waals surface area (Å²) in [5, 5.41) is 2.89. The summed E-state index contributed by atoms with van der Waals surface area (Å²) in [7, 11) is 0. The van der Waals surface area contributed by atoms with Crippen LogP contribution in [-0.4, -0.2) is 35.1 Å². The van der Waals surface area contributed by atoms with Gasteiger partial charge in [-0.25, -0.2) is 0 Å². The maximum atomic E-state index is 12.3. The molecule has 25 heavy (non-hydrogen) atoms. The number of amides is 1. The lowest BCUT2D eigenvalue weighted by Gasteiger charge is -2.25. The van der Waals surface area contributed by atoms with E-state index in [1.54, 1.807) is 13.8 Å². The first-order chi connectivity index (χ1) is 11.6. The molecule has 0 saturated heterocycles. The van der Waals surface area contributed by atoms with E-state index in [0.29, 0.717) is 18.9 Å². The van der Waals surface area contributed by atoms with E-state index < -0.39 is 9.93 Å². The van der Waals surface area contributed by atoms with Crippen LogP contribution in [0.4, 0.5) is 0 Å². The molecule has 1 amide bonds. The zero-order valence-corrected chi connectivity index (χ0v) is 16.8. The van der Waals surface area contributed by atoms with Crippen LogP contribution in [0.25, 0.3) is 0 Å². The van der Waals surface area contributed by atoms with Gasteiger partial charge in [0.2, 0.25) is 0 Å². The average molecular weight is 388 g/mol. The summed E-state index contributed by atoms with van der Waals surface area (Å²) in [6.45, 7) is 8.68. The Bertz CT molecular complexity index is 585. The van der Waals surface area contributed by atoms with Gasteiger partial charge < -0.3 is 14.8 Å². The molecule has 0 radical (unpaired) electrons. The Labute approximate surface area is 160 Å². The van der Waals surface area contributed by atoms with E-state index in [1.165, 1.54) is 0 Å². The van der Waals surface area contributed by atoms with Crippen molar-refractivity contribution < 1.29 is 14.3 Å². The molecule has 140 valence electrons.